The van der Waals surface area contributed by atoms with Gasteiger partial charge >= 0.3 is 0 Å². The Hall–Kier alpha value is -1.43. The quantitative estimate of drug-likeness (QED) is 0.673. The van der Waals surface area contributed by atoms with E-state index in [1.54, 1.807) is 17.4 Å². The first-order valence-electron chi connectivity index (χ1n) is 6.64. The number of methoxy groups -OCH3 is 1. The number of thiophene rings is 1. The number of ether oxygens (including phenoxy) is 1. The van der Waals surface area contributed by atoms with Gasteiger partial charge in [-0.1, -0.05) is 6.07 Å². The van der Waals surface area contributed by atoms with Gasteiger partial charge in [-0.2, -0.15) is 0 Å². The molecule has 3 rings (SSSR count). The molecule has 0 aliphatic heterocycles. The minimum atomic E-state index is -0.366. The lowest BCUT2D eigenvalue weighted by atomic mass is 10.0. The fraction of sp³-hybridized carbons (Fsp3) is 0.333. The molecule has 3 nitrogen and oxygen atoms in total. The van der Waals surface area contributed by atoms with Crippen LogP contribution in [0, 0.1) is 5.82 Å². The van der Waals surface area contributed by atoms with Crippen molar-refractivity contribution in [1.82, 2.24) is 5.43 Å². The number of aryl methyl sites for hydroxylation is 2. The number of halogens is 1. The molecule has 0 amide bonds. The first kappa shape index (κ1) is 13.5. The third-order valence-electron chi connectivity index (χ3n) is 3.73. The zero-order chi connectivity index (χ0) is 14.1. The standard InChI is InChI=1S/C15H17FN2OS/c1-19-12-6-5-10(7-11(12)16)15(18-17)14-8-9-3-2-4-13(9)20-14/h5-8,15,18H,2-4,17H2,1H3. The topological polar surface area (TPSA) is 47.3 Å². The predicted molar refractivity (Wildman–Crippen MR) is 78.5 cm³/mol. The Labute approximate surface area is 121 Å². The lowest BCUT2D eigenvalue weighted by Crippen LogP contribution is -2.28. The average molecular weight is 292 g/mol. The van der Waals surface area contributed by atoms with E-state index in [9.17, 15) is 4.39 Å². The number of fused-ring (bicyclic) bond motifs is 1. The van der Waals surface area contributed by atoms with Gasteiger partial charge in [-0.3, -0.25) is 5.84 Å². The molecule has 0 spiro atoms. The first-order valence-corrected chi connectivity index (χ1v) is 7.45. The molecule has 0 saturated heterocycles. The summed E-state index contributed by atoms with van der Waals surface area (Å²) < 4.78 is 18.8. The molecule has 1 unspecified atom stereocenters. The first-order chi connectivity index (χ1) is 9.72. The van der Waals surface area contributed by atoms with Crippen LogP contribution in [0.15, 0.2) is 24.3 Å². The summed E-state index contributed by atoms with van der Waals surface area (Å²) in [5, 5.41) is 0. The van der Waals surface area contributed by atoms with Crippen molar-refractivity contribution in [2.24, 2.45) is 5.84 Å². The summed E-state index contributed by atoms with van der Waals surface area (Å²) in [6.07, 6.45) is 3.52. The summed E-state index contributed by atoms with van der Waals surface area (Å²) in [4.78, 5) is 2.58. The highest BCUT2D eigenvalue weighted by molar-refractivity contribution is 7.12. The normalized spacial score (nSPS) is 15.2. The van der Waals surface area contributed by atoms with Crippen molar-refractivity contribution in [2.45, 2.75) is 25.3 Å². The van der Waals surface area contributed by atoms with Gasteiger partial charge in [0.25, 0.3) is 0 Å². The van der Waals surface area contributed by atoms with Crippen LogP contribution in [0.2, 0.25) is 0 Å². The second-order valence-corrected chi connectivity index (χ2v) is 6.11. The highest BCUT2D eigenvalue weighted by atomic mass is 32.1. The van der Waals surface area contributed by atoms with Crippen LogP contribution < -0.4 is 16.0 Å². The van der Waals surface area contributed by atoms with E-state index in [2.05, 4.69) is 11.5 Å². The van der Waals surface area contributed by atoms with E-state index in [0.29, 0.717) is 0 Å². The molecule has 3 N–H and O–H groups in total. The Kier molecular flexibility index (Phi) is 3.74. The summed E-state index contributed by atoms with van der Waals surface area (Å²) >= 11 is 1.77. The Balaban J connectivity index is 1.94. The number of benzene rings is 1. The van der Waals surface area contributed by atoms with Gasteiger partial charge in [0, 0.05) is 9.75 Å². The van der Waals surface area contributed by atoms with Crippen LogP contribution in [-0.4, -0.2) is 7.11 Å². The molecule has 2 aromatic rings. The van der Waals surface area contributed by atoms with Gasteiger partial charge in [-0.15, -0.1) is 11.3 Å². The van der Waals surface area contributed by atoms with Crippen LogP contribution in [0.4, 0.5) is 4.39 Å². The summed E-state index contributed by atoms with van der Waals surface area (Å²) in [5.41, 5.74) is 5.02. The maximum Gasteiger partial charge on any atom is 0.165 e. The van der Waals surface area contributed by atoms with E-state index >= 15 is 0 Å². The van der Waals surface area contributed by atoms with Crippen LogP contribution in [0.3, 0.4) is 0 Å². The van der Waals surface area contributed by atoms with Gasteiger partial charge in [0.15, 0.2) is 11.6 Å². The van der Waals surface area contributed by atoms with Crippen molar-refractivity contribution in [3.05, 3.63) is 51.0 Å². The minimum Gasteiger partial charge on any atom is -0.494 e. The Bertz CT molecular complexity index is 605. The molecular formula is C15H17FN2OS. The zero-order valence-electron chi connectivity index (χ0n) is 11.3. The van der Waals surface area contributed by atoms with E-state index in [4.69, 9.17) is 10.6 Å². The van der Waals surface area contributed by atoms with Crippen molar-refractivity contribution in [1.29, 1.82) is 0 Å². The Morgan fingerprint density at radius 1 is 1.35 bits per heavy atom. The van der Waals surface area contributed by atoms with E-state index in [1.165, 1.54) is 30.0 Å². The molecule has 1 aromatic heterocycles. The number of nitrogens with one attached hydrogen (secondary N) is 1. The lowest BCUT2D eigenvalue weighted by molar-refractivity contribution is 0.386. The molecule has 1 aliphatic rings. The molecule has 0 bridgehead atoms. The molecule has 0 radical (unpaired) electrons. The van der Waals surface area contributed by atoms with Crippen molar-refractivity contribution in [3.8, 4) is 5.75 Å². The molecular weight excluding hydrogens is 275 g/mol. The molecule has 1 aromatic carbocycles. The number of hydrogen-bond acceptors (Lipinski definition) is 4. The summed E-state index contributed by atoms with van der Waals surface area (Å²) in [7, 11) is 1.46. The van der Waals surface area contributed by atoms with Crippen LogP contribution in [-0.2, 0) is 12.8 Å². The van der Waals surface area contributed by atoms with E-state index in [1.807, 2.05) is 6.07 Å². The molecule has 1 aliphatic carbocycles. The molecule has 1 atom stereocenters. The molecule has 0 fully saturated rings. The van der Waals surface area contributed by atoms with E-state index in [0.717, 1.165) is 23.3 Å². The maximum atomic E-state index is 13.8. The number of hydrogen-bond donors (Lipinski definition) is 2. The van der Waals surface area contributed by atoms with Crippen LogP contribution in [0.25, 0.3) is 0 Å². The molecule has 20 heavy (non-hydrogen) atoms. The van der Waals surface area contributed by atoms with Gasteiger partial charge in [0.1, 0.15) is 0 Å². The number of hydrazine groups is 1. The lowest BCUT2D eigenvalue weighted by Gasteiger charge is -2.15. The van der Waals surface area contributed by atoms with Crippen LogP contribution in [0.1, 0.15) is 33.3 Å². The van der Waals surface area contributed by atoms with Crippen molar-refractivity contribution >= 4 is 11.3 Å². The molecule has 1 heterocycles. The fourth-order valence-corrected chi connectivity index (χ4v) is 4.05. The SMILES string of the molecule is COc1ccc(C(NN)c2cc3c(s2)CCC3)cc1F. The number of rotatable bonds is 4. The van der Waals surface area contributed by atoms with Gasteiger partial charge in [0.05, 0.1) is 13.2 Å². The molecule has 0 saturated carbocycles. The maximum absolute atomic E-state index is 13.8. The summed E-state index contributed by atoms with van der Waals surface area (Å²) in [6.45, 7) is 0. The number of nitrogens with two attached hydrogens (primary N) is 1. The Morgan fingerprint density at radius 2 is 2.20 bits per heavy atom. The van der Waals surface area contributed by atoms with Crippen LogP contribution in [0.5, 0.6) is 5.75 Å². The molecule has 5 heteroatoms. The van der Waals surface area contributed by atoms with Crippen molar-refractivity contribution < 1.29 is 9.13 Å². The average Bonchev–Trinajstić information content (AvgIpc) is 3.01. The second kappa shape index (κ2) is 5.52. The van der Waals surface area contributed by atoms with E-state index in [-0.39, 0.29) is 17.6 Å². The summed E-state index contributed by atoms with van der Waals surface area (Å²) in [6, 6.07) is 6.98. The van der Waals surface area contributed by atoms with Crippen LogP contribution >= 0.6 is 11.3 Å². The second-order valence-electron chi connectivity index (χ2n) is 4.94. The third-order valence-corrected chi connectivity index (χ3v) is 5.03. The molecule has 106 valence electrons. The van der Waals surface area contributed by atoms with Gasteiger partial charge in [0.2, 0.25) is 0 Å². The third kappa shape index (κ3) is 2.32. The highest BCUT2D eigenvalue weighted by Crippen LogP contribution is 2.36. The monoisotopic (exact) mass is 292 g/mol. The fourth-order valence-electron chi connectivity index (χ4n) is 2.70. The van der Waals surface area contributed by atoms with E-state index < -0.39 is 0 Å². The largest absolute Gasteiger partial charge is 0.494 e. The zero-order valence-corrected chi connectivity index (χ0v) is 12.1. The minimum absolute atomic E-state index is 0.175. The predicted octanol–water partition coefficient (Wildman–Crippen LogP) is 2.94. The smallest absolute Gasteiger partial charge is 0.165 e. The van der Waals surface area contributed by atoms with Crippen molar-refractivity contribution in [2.75, 3.05) is 7.11 Å². The van der Waals surface area contributed by atoms with Gasteiger partial charge in [-0.25, -0.2) is 9.82 Å². The highest BCUT2D eigenvalue weighted by Gasteiger charge is 2.21. The van der Waals surface area contributed by atoms with Gasteiger partial charge < -0.3 is 4.74 Å². The Morgan fingerprint density at radius 3 is 2.85 bits per heavy atom. The van der Waals surface area contributed by atoms with Crippen molar-refractivity contribution in [3.63, 3.8) is 0 Å². The summed E-state index contributed by atoms with van der Waals surface area (Å²) in [5.74, 6) is 5.56. The van der Waals surface area contributed by atoms with Gasteiger partial charge in [-0.05, 0) is 48.6 Å².